The van der Waals surface area contributed by atoms with E-state index in [0.29, 0.717) is 12.5 Å². The number of likely N-dealkylation sites (N-methyl/N-ethyl adjacent to an activating group) is 1. The SMILES string of the molecule is COCCN(C)c1ccc(CN(C)CC2CCN(C(C)=O)C2)cn1. The summed E-state index contributed by atoms with van der Waals surface area (Å²) in [4.78, 5) is 22.3. The van der Waals surface area contributed by atoms with Gasteiger partial charge in [0.05, 0.1) is 6.61 Å². The number of hydrogen-bond acceptors (Lipinski definition) is 5. The molecule has 0 saturated carbocycles. The number of hydrogen-bond donors (Lipinski definition) is 0. The lowest BCUT2D eigenvalue weighted by molar-refractivity contribution is -0.127. The summed E-state index contributed by atoms with van der Waals surface area (Å²) < 4.78 is 5.10. The van der Waals surface area contributed by atoms with E-state index < -0.39 is 0 Å². The molecule has 0 bridgehead atoms. The van der Waals surface area contributed by atoms with E-state index in [9.17, 15) is 4.79 Å². The smallest absolute Gasteiger partial charge is 0.219 e. The molecule has 2 rings (SSSR count). The van der Waals surface area contributed by atoms with Gasteiger partial charge in [0.15, 0.2) is 0 Å². The van der Waals surface area contributed by atoms with Crippen LogP contribution in [0.3, 0.4) is 0 Å². The van der Waals surface area contributed by atoms with Crippen LogP contribution in [0.1, 0.15) is 18.9 Å². The van der Waals surface area contributed by atoms with Crippen LogP contribution in [0.5, 0.6) is 0 Å². The molecule has 0 N–H and O–H groups in total. The first kappa shape index (κ1) is 18.7. The molecule has 1 aromatic heterocycles. The third-order valence-corrected chi connectivity index (χ3v) is 4.58. The summed E-state index contributed by atoms with van der Waals surface area (Å²) in [7, 11) is 5.86. The fourth-order valence-electron chi connectivity index (χ4n) is 3.16. The number of aromatic nitrogens is 1. The van der Waals surface area contributed by atoms with Crippen LogP contribution < -0.4 is 4.90 Å². The summed E-state index contributed by atoms with van der Waals surface area (Å²) in [6.45, 7) is 6.87. The van der Waals surface area contributed by atoms with E-state index in [2.05, 4.69) is 34.0 Å². The molecule has 1 atom stereocenters. The van der Waals surface area contributed by atoms with Gasteiger partial charge in [-0.1, -0.05) is 6.07 Å². The van der Waals surface area contributed by atoms with Crippen LogP contribution in [0.2, 0.25) is 0 Å². The monoisotopic (exact) mass is 334 g/mol. The Balaban J connectivity index is 1.79. The molecule has 1 aliphatic heterocycles. The molecular weight excluding hydrogens is 304 g/mol. The van der Waals surface area contributed by atoms with Crippen LogP contribution in [0.25, 0.3) is 0 Å². The molecule has 1 amide bonds. The van der Waals surface area contributed by atoms with Gasteiger partial charge in [-0.25, -0.2) is 4.98 Å². The van der Waals surface area contributed by atoms with Crippen LogP contribution in [-0.2, 0) is 16.1 Å². The number of carbonyl (C=O) groups excluding carboxylic acids is 1. The molecule has 1 aromatic rings. The lowest BCUT2D eigenvalue weighted by Crippen LogP contribution is -2.30. The second-order valence-electron chi connectivity index (χ2n) is 6.76. The zero-order valence-electron chi connectivity index (χ0n) is 15.4. The lowest BCUT2D eigenvalue weighted by atomic mass is 10.1. The van der Waals surface area contributed by atoms with Crippen molar-refractivity contribution >= 4 is 11.7 Å². The molecule has 1 fully saturated rings. The van der Waals surface area contributed by atoms with Crippen LogP contribution in [0.4, 0.5) is 5.82 Å². The van der Waals surface area contributed by atoms with Crippen molar-refractivity contribution in [3.05, 3.63) is 23.9 Å². The highest BCUT2D eigenvalue weighted by Crippen LogP contribution is 2.18. The predicted octanol–water partition coefficient (Wildman–Crippen LogP) is 1.46. The molecule has 0 aliphatic carbocycles. The topological polar surface area (TPSA) is 48.9 Å². The first-order valence-electron chi connectivity index (χ1n) is 8.58. The fourth-order valence-corrected chi connectivity index (χ4v) is 3.16. The first-order valence-corrected chi connectivity index (χ1v) is 8.58. The van der Waals surface area contributed by atoms with Crippen molar-refractivity contribution < 1.29 is 9.53 Å². The van der Waals surface area contributed by atoms with Crippen LogP contribution in [0.15, 0.2) is 18.3 Å². The molecular formula is C18H30N4O2. The minimum absolute atomic E-state index is 0.192. The van der Waals surface area contributed by atoms with E-state index in [0.717, 1.165) is 45.0 Å². The number of nitrogens with zero attached hydrogens (tertiary/aromatic N) is 4. The maximum absolute atomic E-state index is 11.4. The summed E-state index contributed by atoms with van der Waals surface area (Å²) in [5.41, 5.74) is 1.21. The van der Waals surface area contributed by atoms with E-state index in [1.807, 2.05) is 18.1 Å². The average molecular weight is 334 g/mol. The largest absolute Gasteiger partial charge is 0.383 e. The first-order chi connectivity index (χ1) is 11.5. The number of methoxy groups -OCH3 is 1. The van der Waals surface area contributed by atoms with E-state index in [1.54, 1.807) is 14.0 Å². The molecule has 1 saturated heterocycles. The highest BCUT2D eigenvalue weighted by atomic mass is 16.5. The van der Waals surface area contributed by atoms with Crippen molar-refractivity contribution in [3.63, 3.8) is 0 Å². The quantitative estimate of drug-likeness (QED) is 0.720. The summed E-state index contributed by atoms with van der Waals surface area (Å²) >= 11 is 0. The Morgan fingerprint density at radius 1 is 1.42 bits per heavy atom. The average Bonchev–Trinajstić information content (AvgIpc) is 3.02. The minimum Gasteiger partial charge on any atom is -0.383 e. The summed E-state index contributed by atoms with van der Waals surface area (Å²) in [6.07, 6.45) is 3.05. The number of ether oxygens (including phenoxy) is 1. The van der Waals surface area contributed by atoms with Gasteiger partial charge in [-0.05, 0) is 31.0 Å². The minimum atomic E-state index is 0.192. The molecule has 1 unspecified atom stereocenters. The van der Waals surface area contributed by atoms with E-state index >= 15 is 0 Å². The van der Waals surface area contributed by atoms with Gasteiger partial charge in [-0.2, -0.15) is 0 Å². The van der Waals surface area contributed by atoms with Crippen molar-refractivity contribution in [2.45, 2.75) is 19.9 Å². The zero-order valence-corrected chi connectivity index (χ0v) is 15.4. The number of pyridine rings is 1. The molecule has 24 heavy (non-hydrogen) atoms. The van der Waals surface area contributed by atoms with Crippen LogP contribution >= 0.6 is 0 Å². The summed E-state index contributed by atoms with van der Waals surface area (Å²) in [5, 5.41) is 0. The molecule has 0 radical (unpaired) electrons. The van der Waals surface area contributed by atoms with Crippen LogP contribution in [-0.4, -0.2) is 74.7 Å². The van der Waals surface area contributed by atoms with Crippen molar-refractivity contribution in [3.8, 4) is 0 Å². The maximum atomic E-state index is 11.4. The van der Waals surface area contributed by atoms with Gasteiger partial charge in [0, 0.05) is 60.0 Å². The number of carbonyl (C=O) groups is 1. The van der Waals surface area contributed by atoms with E-state index in [-0.39, 0.29) is 5.91 Å². The number of likely N-dealkylation sites (tertiary alicyclic amines) is 1. The maximum Gasteiger partial charge on any atom is 0.219 e. The molecule has 1 aliphatic rings. The second-order valence-corrected chi connectivity index (χ2v) is 6.76. The molecule has 2 heterocycles. The molecule has 6 heteroatoms. The van der Waals surface area contributed by atoms with Gasteiger partial charge in [-0.3, -0.25) is 4.79 Å². The van der Waals surface area contributed by atoms with E-state index in [1.165, 1.54) is 5.56 Å². The highest BCUT2D eigenvalue weighted by molar-refractivity contribution is 5.73. The van der Waals surface area contributed by atoms with Crippen molar-refractivity contribution in [1.82, 2.24) is 14.8 Å². The van der Waals surface area contributed by atoms with Crippen molar-refractivity contribution in [2.75, 3.05) is 58.9 Å². The lowest BCUT2D eigenvalue weighted by Gasteiger charge is -2.22. The van der Waals surface area contributed by atoms with Gasteiger partial charge in [0.25, 0.3) is 0 Å². The Hall–Kier alpha value is -1.66. The third kappa shape index (κ3) is 5.46. The second kappa shape index (κ2) is 8.99. The molecule has 0 spiro atoms. The molecule has 0 aromatic carbocycles. The summed E-state index contributed by atoms with van der Waals surface area (Å²) in [5.74, 6) is 1.73. The Bertz CT molecular complexity index is 520. The Kier molecular flexibility index (Phi) is 6.99. The van der Waals surface area contributed by atoms with Gasteiger partial charge < -0.3 is 19.4 Å². The Morgan fingerprint density at radius 3 is 2.79 bits per heavy atom. The molecule has 134 valence electrons. The summed E-state index contributed by atoms with van der Waals surface area (Å²) in [6, 6.07) is 4.20. The fraction of sp³-hybridized carbons (Fsp3) is 0.667. The standard InChI is InChI=1S/C18H30N4O2/c1-15(23)22-8-7-17(14-22)13-20(2)12-16-5-6-18(19-11-16)21(3)9-10-24-4/h5-6,11,17H,7-10,12-14H2,1-4H3. The van der Waals surface area contributed by atoms with Crippen molar-refractivity contribution in [2.24, 2.45) is 5.92 Å². The van der Waals surface area contributed by atoms with Crippen molar-refractivity contribution in [1.29, 1.82) is 0 Å². The third-order valence-electron chi connectivity index (χ3n) is 4.58. The number of rotatable bonds is 8. The Morgan fingerprint density at radius 2 is 2.21 bits per heavy atom. The molecule has 6 nitrogen and oxygen atoms in total. The van der Waals surface area contributed by atoms with Gasteiger partial charge in [0.1, 0.15) is 5.82 Å². The zero-order chi connectivity index (χ0) is 17.5. The van der Waals surface area contributed by atoms with E-state index in [4.69, 9.17) is 4.74 Å². The number of anilines is 1. The van der Waals surface area contributed by atoms with Gasteiger partial charge >= 0.3 is 0 Å². The number of amides is 1. The van der Waals surface area contributed by atoms with Gasteiger partial charge in [-0.15, -0.1) is 0 Å². The highest BCUT2D eigenvalue weighted by Gasteiger charge is 2.24. The normalized spacial score (nSPS) is 17.5. The van der Waals surface area contributed by atoms with Crippen LogP contribution in [0, 0.1) is 5.92 Å². The predicted molar refractivity (Wildman–Crippen MR) is 96.1 cm³/mol. The Labute approximate surface area is 145 Å². The van der Waals surface area contributed by atoms with Gasteiger partial charge in [0.2, 0.25) is 5.91 Å².